The van der Waals surface area contributed by atoms with Crippen molar-refractivity contribution < 1.29 is 9.53 Å². The fourth-order valence-electron chi connectivity index (χ4n) is 3.98. The second-order valence-electron chi connectivity index (χ2n) is 7.31. The fraction of sp³-hybridized carbons (Fsp3) is 0.429. The second-order valence-corrected chi connectivity index (χ2v) is 7.31. The Morgan fingerprint density at radius 2 is 2.11 bits per heavy atom. The molecule has 1 amide bonds. The Hall–Kier alpha value is -2.44. The van der Waals surface area contributed by atoms with E-state index in [-0.39, 0.29) is 0 Å². The van der Waals surface area contributed by atoms with Gasteiger partial charge in [0, 0.05) is 31.4 Å². The van der Waals surface area contributed by atoms with Crippen molar-refractivity contribution >= 4 is 5.91 Å². The van der Waals surface area contributed by atoms with Gasteiger partial charge in [-0.05, 0) is 68.1 Å². The lowest BCUT2D eigenvalue weighted by atomic mass is 10.1. The molecule has 1 saturated heterocycles. The summed E-state index contributed by atoms with van der Waals surface area (Å²) >= 11 is 0. The minimum atomic E-state index is -0.491. The van der Waals surface area contributed by atoms with Gasteiger partial charge in [-0.25, -0.2) is 4.98 Å². The van der Waals surface area contributed by atoms with Crippen LogP contribution in [0.4, 0.5) is 0 Å². The van der Waals surface area contributed by atoms with E-state index in [0.717, 1.165) is 31.7 Å². The van der Waals surface area contributed by atoms with Crippen LogP contribution in [-0.2, 0) is 6.42 Å². The van der Waals surface area contributed by atoms with Gasteiger partial charge in [0.25, 0.3) is 0 Å². The van der Waals surface area contributed by atoms with Crippen molar-refractivity contribution in [3.05, 3.63) is 53.2 Å². The largest absolute Gasteiger partial charge is 0.439 e. The van der Waals surface area contributed by atoms with Crippen LogP contribution in [0.2, 0.25) is 0 Å². The predicted molar refractivity (Wildman–Crippen MR) is 104 cm³/mol. The summed E-state index contributed by atoms with van der Waals surface area (Å²) < 4.78 is 5.83. The normalized spacial score (nSPS) is 19.2. The van der Waals surface area contributed by atoms with E-state index in [4.69, 9.17) is 10.5 Å². The maximum absolute atomic E-state index is 11.1. The lowest BCUT2D eigenvalue weighted by Crippen LogP contribution is -2.31. The first-order valence-corrected chi connectivity index (χ1v) is 9.71. The smallest absolute Gasteiger partial charge is 0.250 e. The number of nitrogens with two attached hydrogens (primary N) is 1. The third kappa shape index (κ3) is 4.28. The third-order valence-corrected chi connectivity index (χ3v) is 5.45. The minimum Gasteiger partial charge on any atom is -0.439 e. The minimum absolute atomic E-state index is 0.374. The molecule has 0 spiro atoms. The number of fused-ring (bicyclic) bond motifs is 1. The van der Waals surface area contributed by atoms with E-state index in [9.17, 15) is 4.79 Å². The molecule has 1 aromatic heterocycles. The molecule has 2 heterocycles. The number of likely N-dealkylation sites (tertiary alicyclic amines) is 1. The number of carbonyl (C=O) groups excluding carboxylic acids is 1. The first-order chi connectivity index (χ1) is 13.2. The number of amides is 1. The Balaban J connectivity index is 1.35. The number of carbonyl (C=O) groups is 1. The summed E-state index contributed by atoms with van der Waals surface area (Å²) in [5, 5.41) is 3.71. The first kappa shape index (κ1) is 17.9. The van der Waals surface area contributed by atoms with Crippen molar-refractivity contribution in [1.29, 1.82) is 0 Å². The van der Waals surface area contributed by atoms with Crippen LogP contribution in [0.3, 0.4) is 0 Å². The lowest BCUT2D eigenvalue weighted by molar-refractivity contribution is 0.1000. The molecule has 3 N–H and O–H groups in total. The molecular formula is C21H26N4O2. The highest BCUT2D eigenvalue weighted by Crippen LogP contribution is 2.34. The van der Waals surface area contributed by atoms with E-state index in [1.165, 1.54) is 43.3 Å². The Morgan fingerprint density at radius 1 is 1.26 bits per heavy atom. The maximum atomic E-state index is 11.1. The van der Waals surface area contributed by atoms with Gasteiger partial charge < -0.3 is 20.7 Å². The van der Waals surface area contributed by atoms with E-state index in [2.05, 4.69) is 27.3 Å². The molecule has 6 heteroatoms. The molecule has 6 nitrogen and oxygen atoms in total. The Labute approximate surface area is 159 Å². The van der Waals surface area contributed by atoms with Crippen molar-refractivity contribution in [2.45, 2.75) is 31.7 Å². The molecule has 2 aromatic rings. The number of benzene rings is 1. The summed E-state index contributed by atoms with van der Waals surface area (Å²) in [6, 6.07) is 9.96. The SMILES string of the molecule is NC(=O)c1ccc(Oc2ccc3c(c2)CCC3NCCN2CCCC2)nc1. The molecule has 1 unspecified atom stereocenters. The molecule has 0 saturated carbocycles. The summed E-state index contributed by atoms with van der Waals surface area (Å²) in [7, 11) is 0. The number of rotatable bonds is 7. The van der Waals surface area contributed by atoms with Crippen molar-refractivity contribution in [2.75, 3.05) is 26.2 Å². The van der Waals surface area contributed by atoms with Crippen molar-refractivity contribution in [1.82, 2.24) is 15.2 Å². The lowest BCUT2D eigenvalue weighted by Gasteiger charge is -2.18. The van der Waals surface area contributed by atoms with Gasteiger partial charge in [0.05, 0.1) is 5.56 Å². The van der Waals surface area contributed by atoms with Crippen LogP contribution in [0.1, 0.15) is 46.8 Å². The number of nitrogens with zero attached hydrogens (tertiary/aromatic N) is 2. The van der Waals surface area contributed by atoms with Gasteiger partial charge in [0.2, 0.25) is 11.8 Å². The van der Waals surface area contributed by atoms with Gasteiger partial charge in [-0.2, -0.15) is 0 Å². The van der Waals surface area contributed by atoms with Crippen molar-refractivity contribution in [3.63, 3.8) is 0 Å². The number of pyridine rings is 1. The summed E-state index contributed by atoms with van der Waals surface area (Å²) in [6.07, 6.45) is 6.31. The monoisotopic (exact) mass is 366 g/mol. The Bertz CT molecular complexity index is 800. The molecule has 1 atom stereocenters. The summed E-state index contributed by atoms with van der Waals surface area (Å²) in [5.41, 5.74) is 8.32. The predicted octanol–water partition coefficient (Wildman–Crippen LogP) is 2.65. The van der Waals surface area contributed by atoms with Crippen LogP contribution < -0.4 is 15.8 Å². The van der Waals surface area contributed by atoms with E-state index in [1.807, 2.05) is 6.07 Å². The molecule has 4 rings (SSSR count). The van der Waals surface area contributed by atoms with Crippen LogP contribution >= 0.6 is 0 Å². The van der Waals surface area contributed by atoms with Gasteiger partial charge in [0.1, 0.15) is 5.75 Å². The van der Waals surface area contributed by atoms with Gasteiger partial charge >= 0.3 is 0 Å². The fourth-order valence-corrected chi connectivity index (χ4v) is 3.98. The highest BCUT2D eigenvalue weighted by atomic mass is 16.5. The average molecular weight is 366 g/mol. The number of nitrogens with one attached hydrogen (secondary N) is 1. The van der Waals surface area contributed by atoms with E-state index in [0.29, 0.717) is 17.5 Å². The molecule has 1 aliphatic carbocycles. The van der Waals surface area contributed by atoms with Gasteiger partial charge in [-0.15, -0.1) is 0 Å². The summed E-state index contributed by atoms with van der Waals surface area (Å²) in [5.74, 6) is 0.735. The number of hydrogen-bond donors (Lipinski definition) is 2. The van der Waals surface area contributed by atoms with Gasteiger partial charge in [-0.1, -0.05) is 6.07 Å². The number of hydrogen-bond acceptors (Lipinski definition) is 5. The van der Waals surface area contributed by atoms with Crippen LogP contribution in [-0.4, -0.2) is 42.0 Å². The molecule has 0 bridgehead atoms. The number of aryl methyl sites for hydroxylation is 1. The zero-order chi connectivity index (χ0) is 18.6. The standard InChI is InChI=1S/C21H26N4O2/c22-21(26)16-4-8-20(24-14-16)27-17-5-6-18-15(13-17)3-7-19(18)23-9-12-25-10-1-2-11-25/h4-6,8,13-14,19,23H,1-3,7,9-12H2,(H2,22,26). The van der Waals surface area contributed by atoms with E-state index >= 15 is 0 Å². The zero-order valence-electron chi connectivity index (χ0n) is 15.5. The Morgan fingerprint density at radius 3 is 2.85 bits per heavy atom. The quantitative estimate of drug-likeness (QED) is 0.787. The molecule has 142 valence electrons. The second kappa shape index (κ2) is 8.06. The molecule has 2 aliphatic rings. The molecule has 1 fully saturated rings. The van der Waals surface area contributed by atoms with Gasteiger partial charge in [0.15, 0.2) is 0 Å². The van der Waals surface area contributed by atoms with Crippen LogP contribution in [0.5, 0.6) is 11.6 Å². The van der Waals surface area contributed by atoms with E-state index in [1.54, 1.807) is 12.1 Å². The van der Waals surface area contributed by atoms with Crippen LogP contribution in [0, 0.1) is 0 Å². The topological polar surface area (TPSA) is 80.5 Å². The highest BCUT2D eigenvalue weighted by Gasteiger charge is 2.23. The number of aromatic nitrogens is 1. The molecule has 1 aromatic carbocycles. The highest BCUT2D eigenvalue weighted by molar-refractivity contribution is 5.92. The van der Waals surface area contributed by atoms with Crippen molar-refractivity contribution in [2.24, 2.45) is 5.73 Å². The molecule has 0 radical (unpaired) electrons. The molecular weight excluding hydrogens is 340 g/mol. The zero-order valence-corrected chi connectivity index (χ0v) is 15.5. The van der Waals surface area contributed by atoms with E-state index < -0.39 is 5.91 Å². The average Bonchev–Trinajstić information content (AvgIpc) is 3.32. The number of primary amides is 1. The summed E-state index contributed by atoms with van der Waals surface area (Å²) in [4.78, 5) is 17.8. The number of ether oxygens (including phenoxy) is 1. The summed E-state index contributed by atoms with van der Waals surface area (Å²) in [6.45, 7) is 4.68. The molecule has 1 aliphatic heterocycles. The first-order valence-electron chi connectivity index (χ1n) is 9.71. The van der Waals surface area contributed by atoms with Gasteiger partial charge in [-0.3, -0.25) is 4.79 Å². The van der Waals surface area contributed by atoms with Crippen LogP contribution in [0.25, 0.3) is 0 Å². The molecule has 27 heavy (non-hydrogen) atoms. The Kier molecular flexibility index (Phi) is 5.36. The van der Waals surface area contributed by atoms with Crippen molar-refractivity contribution in [3.8, 4) is 11.6 Å². The maximum Gasteiger partial charge on any atom is 0.250 e. The van der Waals surface area contributed by atoms with Crippen LogP contribution in [0.15, 0.2) is 36.5 Å². The third-order valence-electron chi connectivity index (χ3n) is 5.45.